The molecule has 0 saturated heterocycles. The summed E-state index contributed by atoms with van der Waals surface area (Å²) < 4.78 is 0. The molecule has 2 N–H and O–H groups in total. The molecule has 2 rings (SSSR count). The van der Waals surface area contributed by atoms with Crippen molar-refractivity contribution in [2.75, 3.05) is 11.9 Å². The number of allylic oxidation sites excluding steroid dienone is 1. The SMILES string of the molecule is CC1=CC(C)(C)N(C)c2cc(C)c(CN)cc21. The number of rotatable bonds is 1. The van der Waals surface area contributed by atoms with Gasteiger partial charge in [0.05, 0.1) is 5.54 Å². The first-order chi connectivity index (χ1) is 7.86. The third kappa shape index (κ3) is 1.87. The van der Waals surface area contributed by atoms with Crippen LogP contribution in [0.15, 0.2) is 18.2 Å². The van der Waals surface area contributed by atoms with Crippen molar-refractivity contribution < 1.29 is 0 Å². The van der Waals surface area contributed by atoms with Gasteiger partial charge in [0.1, 0.15) is 0 Å². The first-order valence-electron chi connectivity index (χ1n) is 6.14. The van der Waals surface area contributed by atoms with Crippen LogP contribution in [0.1, 0.15) is 37.5 Å². The molecule has 2 heteroatoms. The fourth-order valence-corrected chi connectivity index (χ4v) is 2.57. The Morgan fingerprint density at radius 2 is 1.88 bits per heavy atom. The molecule has 17 heavy (non-hydrogen) atoms. The summed E-state index contributed by atoms with van der Waals surface area (Å²) >= 11 is 0. The van der Waals surface area contributed by atoms with Crippen LogP contribution in [0.5, 0.6) is 0 Å². The number of benzene rings is 1. The van der Waals surface area contributed by atoms with Crippen molar-refractivity contribution in [2.45, 2.75) is 39.8 Å². The van der Waals surface area contributed by atoms with E-state index in [2.05, 4.69) is 57.9 Å². The topological polar surface area (TPSA) is 29.3 Å². The summed E-state index contributed by atoms with van der Waals surface area (Å²) in [6.45, 7) is 9.41. The molecular weight excluding hydrogens is 208 g/mol. The van der Waals surface area contributed by atoms with E-state index in [4.69, 9.17) is 5.73 Å². The monoisotopic (exact) mass is 230 g/mol. The lowest BCUT2D eigenvalue weighted by molar-refractivity contribution is 0.597. The van der Waals surface area contributed by atoms with E-state index in [1.165, 1.54) is 28.0 Å². The van der Waals surface area contributed by atoms with Gasteiger partial charge in [-0.05, 0) is 56.5 Å². The normalized spacial score (nSPS) is 17.8. The standard InChI is InChI=1S/C15H22N2/c1-10-6-14-13(7-12(10)9-16)11(2)8-15(3,4)17(14)5/h6-8H,9,16H2,1-5H3. The molecule has 1 heterocycles. The Kier molecular flexibility index (Phi) is 2.78. The highest BCUT2D eigenvalue weighted by molar-refractivity contribution is 5.81. The van der Waals surface area contributed by atoms with Gasteiger partial charge in [-0.2, -0.15) is 0 Å². The number of fused-ring (bicyclic) bond motifs is 1. The Morgan fingerprint density at radius 1 is 1.24 bits per heavy atom. The van der Waals surface area contributed by atoms with Crippen LogP contribution in [0.4, 0.5) is 5.69 Å². The molecule has 1 aliphatic rings. The van der Waals surface area contributed by atoms with Crippen LogP contribution in [-0.2, 0) is 6.54 Å². The predicted octanol–water partition coefficient (Wildman–Crippen LogP) is 3.09. The van der Waals surface area contributed by atoms with E-state index in [1.807, 2.05) is 0 Å². The zero-order chi connectivity index (χ0) is 12.8. The van der Waals surface area contributed by atoms with E-state index in [0.717, 1.165) is 0 Å². The Hall–Kier alpha value is -1.28. The van der Waals surface area contributed by atoms with E-state index in [9.17, 15) is 0 Å². The lowest BCUT2D eigenvalue weighted by Crippen LogP contribution is -2.42. The first-order valence-corrected chi connectivity index (χ1v) is 6.14. The Balaban J connectivity index is 2.66. The zero-order valence-electron chi connectivity index (χ0n) is 11.5. The average Bonchev–Trinajstić information content (AvgIpc) is 2.25. The summed E-state index contributed by atoms with van der Waals surface area (Å²) in [7, 11) is 2.16. The van der Waals surface area contributed by atoms with Crippen LogP contribution in [0.25, 0.3) is 5.57 Å². The fourth-order valence-electron chi connectivity index (χ4n) is 2.57. The van der Waals surface area contributed by atoms with Crippen molar-refractivity contribution in [1.82, 2.24) is 0 Å². The van der Waals surface area contributed by atoms with Gasteiger partial charge in [0.15, 0.2) is 0 Å². The van der Waals surface area contributed by atoms with Crippen molar-refractivity contribution in [1.29, 1.82) is 0 Å². The van der Waals surface area contributed by atoms with E-state index in [1.54, 1.807) is 0 Å². The average molecular weight is 230 g/mol. The van der Waals surface area contributed by atoms with Crippen LogP contribution < -0.4 is 10.6 Å². The highest BCUT2D eigenvalue weighted by atomic mass is 15.2. The van der Waals surface area contributed by atoms with Crippen molar-refractivity contribution in [3.8, 4) is 0 Å². The zero-order valence-corrected chi connectivity index (χ0v) is 11.5. The van der Waals surface area contributed by atoms with Gasteiger partial charge in [0.25, 0.3) is 0 Å². The fraction of sp³-hybridized carbons (Fsp3) is 0.467. The molecule has 0 aliphatic carbocycles. The second kappa shape index (κ2) is 3.88. The molecule has 0 radical (unpaired) electrons. The first kappa shape index (κ1) is 12.2. The van der Waals surface area contributed by atoms with E-state index in [0.29, 0.717) is 6.54 Å². The van der Waals surface area contributed by atoms with Crippen molar-refractivity contribution in [3.05, 3.63) is 34.9 Å². The summed E-state index contributed by atoms with van der Waals surface area (Å²) in [6.07, 6.45) is 2.32. The summed E-state index contributed by atoms with van der Waals surface area (Å²) in [4.78, 5) is 2.34. The number of nitrogens with two attached hydrogens (primary N) is 1. The number of anilines is 1. The maximum atomic E-state index is 5.78. The molecule has 0 aromatic heterocycles. The molecule has 0 atom stereocenters. The maximum absolute atomic E-state index is 5.78. The molecule has 0 saturated carbocycles. The molecule has 0 unspecified atom stereocenters. The second-order valence-corrected chi connectivity index (χ2v) is 5.54. The minimum absolute atomic E-state index is 0.0771. The Bertz CT molecular complexity index is 484. The minimum Gasteiger partial charge on any atom is -0.365 e. The molecular formula is C15H22N2. The number of aryl methyl sites for hydroxylation is 1. The summed E-state index contributed by atoms with van der Waals surface area (Å²) in [5, 5.41) is 0. The molecule has 1 aromatic carbocycles. The minimum atomic E-state index is 0.0771. The van der Waals surface area contributed by atoms with Gasteiger partial charge in [-0.3, -0.25) is 0 Å². The number of nitrogens with zero attached hydrogens (tertiary/aromatic N) is 1. The van der Waals surface area contributed by atoms with Crippen LogP contribution >= 0.6 is 0 Å². The largest absolute Gasteiger partial charge is 0.365 e. The summed E-state index contributed by atoms with van der Waals surface area (Å²) in [6, 6.07) is 4.50. The van der Waals surface area contributed by atoms with Crippen molar-refractivity contribution >= 4 is 11.3 Å². The predicted molar refractivity (Wildman–Crippen MR) is 75.2 cm³/mol. The van der Waals surface area contributed by atoms with E-state index < -0.39 is 0 Å². The van der Waals surface area contributed by atoms with Gasteiger partial charge in [-0.1, -0.05) is 6.08 Å². The highest BCUT2D eigenvalue weighted by Gasteiger charge is 2.28. The number of hydrogen-bond acceptors (Lipinski definition) is 2. The van der Waals surface area contributed by atoms with E-state index in [-0.39, 0.29) is 5.54 Å². The number of likely N-dealkylation sites (N-methyl/N-ethyl adjacent to an activating group) is 1. The summed E-state index contributed by atoms with van der Waals surface area (Å²) in [5.74, 6) is 0. The van der Waals surface area contributed by atoms with Gasteiger partial charge < -0.3 is 10.6 Å². The molecule has 92 valence electrons. The smallest absolute Gasteiger partial charge is 0.0531 e. The number of hydrogen-bond donors (Lipinski definition) is 1. The third-order valence-corrected chi connectivity index (χ3v) is 3.89. The van der Waals surface area contributed by atoms with E-state index >= 15 is 0 Å². The van der Waals surface area contributed by atoms with Crippen molar-refractivity contribution in [3.63, 3.8) is 0 Å². The maximum Gasteiger partial charge on any atom is 0.0531 e. The molecule has 0 spiro atoms. The van der Waals surface area contributed by atoms with Gasteiger partial charge in [0.2, 0.25) is 0 Å². The second-order valence-electron chi connectivity index (χ2n) is 5.54. The van der Waals surface area contributed by atoms with Crippen LogP contribution in [0, 0.1) is 6.92 Å². The molecule has 0 amide bonds. The molecule has 1 aromatic rings. The molecule has 0 bridgehead atoms. The van der Waals surface area contributed by atoms with Crippen LogP contribution in [-0.4, -0.2) is 12.6 Å². The van der Waals surface area contributed by atoms with Gasteiger partial charge >= 0.3 is 0 Å². The Morgan fingerprint density at radius 3 is 2.47 bits per heavy atom. The van der Waals surface area contributed by atoms with Crippen LogP contribution in [0.2, 0.25) is 0 Å². The van der Waals surface area contributed by atoms with Crippen LogP contribution in [0.3, 0.4) is 0 Å². The molecule has 1 aliphatic heterocycles. The molecule has 0 fully saturated rings. The lowest BCUT2D eigenvalue weighted by Gasteiger charge is -2.41. The summed E-state index contributed by atoms with van der Waals surface area (Å²) in [5.41, 5.74) is 12.4. The molecule has 2 nitrogen and oxygen atoms in total. The van der Waals surface area contributed by atoms with Crippen molar-refractivity contribution in [2.24, 2.45) is 5.73 Å². The quantitative estimate of drug-likeness (QED) is 0.803. The lowest BCUT2D eigenvalue weighted by atomic mass is 9.87. The van der Waals surface area contributed by atoms with Gasteiger partial charge in [-0.15, -0.1) is 0 Å². The Labute approximate surface area is 104 Å². The highest BCUT2D eigenvalue weighted by Crippen LogP contribution is 2.39. The van der Waals surface area contributed by atoms with Gasteiger partial charge in [-0.25, -0.2) is 0 Å². The third-order valence-electron chi connectivity index (χ3n) is 3.89. The van der Waals surface area contributed by atoms with Gasteiger partial charge in [0, 0.05) is 24.8 Å².